The van der Waals surface area contributed by atoms with E-state index in [1.807, 2.05) is 16.7 Å². The quantitative estimate of drug-likeness (QED) is 0.732. The van der Waals surface area contributed by atoms with Crippen LogP contribution in [-0.4, -0.2) is 60.2 Å². The molecule has 1 aromatic carbocycles. The molecule has 0 aromatic heterocycles. The van der Waals surface area contributed by atoms with Gasteiger partial charge in [-0.05, 0) is 50.1 Å². The van der Waals surface area contributed by atoms with Gasteiger partial charge < -0.3 is 15.5 Å². The molecule has 2 rings (SSSR count). The summed E-state index contributed by atoms with van der Waals surface area (Å²) in [5.74, 6) is -0.0684. The maximum Gasteiger partial charge on any atom is 0.238 e. The molecule has 0 atom stereocenters. The van der Waals surface area contributed by atoms with Crippen LogP contribution in [0.5, 0.6) is 0 Å². The monoisotopic (exact) mass is 374 g/mol. The number of carbonyl (C=O) groups is 3. The van der Waals surface area contributed by atoms with Crippen molar-refractivity contribution in [1.29, 1.82) is 0 Å². The number of amides is 3. The standard InChI is InChI=1S/C20H30N4O3/c1-3-23(14-11-20(27)24-12-5-4-6-13-24)15-19(26)22-18-9-7-17(8-10-18)21-16(2)25/h7-10H,3-6,11-15H2,1-2H3,(H,21,25)(H,22,26). The minimum Gasteiger partial charge on any atom is -0.343 e. The SMILES string of the molecule is CCN(CCC(=O)N1CCCCC1)CC(=O)Nc1ccc(NC(C)=O)cc1. The molecule has 3 amide bonds. The van der Waals surface area contributed by atoms with Crippen molar-refractivity contribution in [3.63, 3.8) is 0 Å². The normalized spacial score (nSPS) is 14.1. The number of carbonyl (C=O) groups excluding carboxylic acids is 3. The second-order valence-corrected chi connectivity index (χ2v) is 6.87. The van der Waals surface area contributed by atoms with E-state index in [1.165, 1.54) is 13.3 Å². The molecule has 0 spiro atoms. The number of hydrogen-bond donors (Lipinski definition) is 2. The molecule has 148 valence electrons. The zero-order valence-corrected chi connectivity index (χ0v) is 16.3. The molecular weight excluding hydrogens is 344 g/mol. The molecule has 0 bridgehead atoms. The van der Waals surface area contributed by atoms with E-state index in [0.29, 0.717) is 30.9 Å². The van der Waals surface area contributed by atoms with Crippen molar-refractivity contribution in [2.24, 2.45) is 0 Å². The molecular formula is C20H30N4O3. The van der Waals surface area contributed by atoms with Gasteiger partial charge in [-0.2, -0.15) is 0 Å². The third kappa shape index (κ3) is 7.38. The fraction of sp³-hybridized carbons (Fsp3) is 0.550. The maximum atomic E-state index is 12.3. The van der Waals surface area contributed by atoms with Gasteiger partial charge in [0.25, 0.3) is 0 Å². The van der Waals surface area contributed by atoms with Crippen LogP contribution in [0.2, 0.25) is 0 Å². The molecule has 1 fully saturated rings. The molecule has 1 aromatic rings. The highest BCUT2D eigenvalue weighted by Crippen LogP contribution is 2.14. The zero-order valence-electron chi connectivity index (χ0n) is 16.3. The number of nitrogens with zero attached hydrogens (tertiary/aromatic N) is 2. The van der Waals surface area contributed by atoms with E-state index in [4.69, 9.17) is 0 Å². The zero-order chi connectivity index (χ0) is 19.6. The third-order valence-electron chi connectivity index (χ3n) is 4.65. The Bertz CT molecular complexity index is 639. The molecule has 7 heteroatoms. The summed E-state index contributed by atoms with van der Waals surface area (Å²) in [5, 5.41) is 5.53. The smallest absolute Gasteiger partial charge is 0.238 e. The van der Waals surface area contributed by atoms with Gasteiger partial charge in [-0.15, -0.1) is 0 Å². The van der Waals surface area contributed by atoms with Crippen LogP contribution in [0.25, 0.3) is 0 Å². The lowest BCUT2D eigenvalue weighted by Gasteiger charge is -2.28. The van der Waals surface area contributed by atoms with Crippen molar-refractivity contribution in [1.82, 2.24) is 9.80 Å². The Morgan fingerprint density at radius 1 is 1.00 bits per heavy atom. The topological polar surface area (TPSA) is 81.8 Å². The minimum atomic E-state index is -0.135. The van der Waals surface area contributed by atoms with Gasteiger partial charge in [0.15, 0.2) is 0 Å². The lowest BCUT2D eigenvalue weighted by Crippen LogP contribution is -2.39. The summed E-state index contributed by atoms with van der Waals surface area (Å²) in [7, 11) is 0. The summed E-state index contributed by atoms with van der Waals surface area (Å²) in [5.41, 5.74) is 1.36. The first-order valence-corrected chi connectivity index (χ1v) is 9.65. The molecule has 1 heterocycles. The second kappa shape index (κ2) is 10.7. The Morgan fingerprint density at radius 3 is 2.15 bits per heavy atom. The highest BCUT2D eigenvalue weighted by atomic mass is 16.2. The molecule has 1 aliphatic rings. The molecule has 0 saturated carbocycles. The molecule has 1 saturated heterocycles. The Labute approximate surface area is 161 Å². The lowest BCUT2D eigenvalue weighted by molar-refractivity contribution is -0.132. The van der Waals surface area contributed by atoms with E-state index < -0.39 is 0 Å². The fourth-order valence-corrected chi connectivity index (χ4v) is 3.15. The number of likely N-dealkylation sites (N-methyl/N-ethyl adjacent to an activating group) is 1. The van der Waals surface area contributed by atoms with Crippen LogP contribution < -0.4 is 10.6 Å². The van der Waals surface area contributed by atoms with Crippen LogP contribution in [0.15, 0.2) is 24.3 Å². The largest absolute Gasteiger partial charge is 0.343 e. The Hall–Kier alpha value is -2.41. The number of piperidine rings is 1. The minimum absolute atomic E-state index is 0.116. The van der Waals surface area contributed by atoms with Crippen molar-refractivity contribution in [3.05, 3.63) is 24.3 Å². The number of hydrogen-bond acceptors (Lipinski definition) is 4. The van der Waals surface area contributed by atoms with Gasteiger partial charge in [-0.1, -0.05) is 6.92 Å². The molecule has 0 radical (unpaired) electrons. The third-order valence-corrected chi connectivity index (χ3v) is 4.65. The summed E-state index contributed by atoms with van der Waals surface area (Å²) in [6.45, 7) is 6.70. The van der Waals surface area contributed by atoms with E-state index in [2.05, 4.69) is 10.6 Å². The first-order chi connectivity index (χ1) is 13.0. The van der Waals surface area contributed by atoms with Gasteiger partial charge >= 0.3 is 0 Å². The average molecular weight is 374 g/mol. The number of rotatable bonds is 8. The fourth-order valence-electron chi connectivity index (χ4n) is 3.15. The Balaban J connectivity index is 1.76. The average Bonchev–Trinajstić information content (AvgIpc) is 2.66. The summed E-state index contributed by atoms with van der Waals surface area (Å²) in [6, 6.07) is 6.98. The van der Waals surface area contributed by atoms with Gasteiger partial charge in [0.1, 0.15) is 0 Å². The van der Waals surface area contributed by atoms with Crippen LogP contribution >= 0.6 is 0 Å². The van der Waals surface area contributed by atoms with Crippen molar-refractivity contribution in [3.8, 4) is 0 Å². The highest BCUT2D eigenvalue weighted by Gasteiger charge is 2.18. The second-order valence-electron chi connectivity index (χ2n) is 6.87. The van der Waals surface area contributed by atoms with Crippen LogP contribution in [0.3, 0.4) is 0 Å². The molecule has 2 N–H and O–H groups in total. The van der Waals surface area contributed by atoms with Crippen LogP contribution in [0.1, 0.15) is 39.5 Å². The summed E-state index contributed by atoms with van der Waals surface area (Å²) < 4.78 is 0. The van der Waals surface area contributed by atoms with Gasteiger partial charge in [0.2, 0.25) is 17.7 Å². The van der Waals surface area contributed by atoms with Crippen molar-refractivity contribution < 1.29 is 14.4 Å². The van der Waals surface area contributed by atoms with E-state index in [0.717, 1.165) is 25.9 Å². The molecule has 0 aliphatic carbocycles. The van der Waals surface area contributed by atoms with E-state index in [-0.39, 0.29) is 24.3 Å². The molecule has 7 nitrogen and oxygen atoms in total. The van der Waals surface area contributed by atoms with Crippen LogP contribution in [0.4, 0.5) is 11.4 Å². The van der Waals surface area contributed by atoms with Crippen molar-refractivity contribution in [2.75, 3.05) is 43.4 Å². The van der Waals surface area contributed by atoms with Crippen molar-refractivity contribution >= 4 is 29.1 Å². The summed E-state index contributed by atoms with van der Waals surface area (Å²) in [6.07, 6.45) is 3.84. The van der Waals surface area contributed by atoms with Crippen LogP contribution in [-0.2, 0) is 14.4 Å². The first-order valence-electron chi connectivity index (χ1n) is 9.65. The number of anilines is 2. The summed E-state index contributed by atoms with van der Waals surface area (Å²) in [4.78, 5) is 39.5. The van der Waals surface area contributed by atoms with Crippen LogP contribution in [0, 0.1) is 0 Å². The summed E-state index contributed by atoms with van der Waals surface area (Å²) >= 11 is 0. The van der Waals surface area contributed by atoms with Gasteiger partial charge in [-0.25, -0.2) is 0 Å². The molecule has 1 aliphatic heterocycles. The number of nitrogens with one attached hydrogen (secondary N) is 2. The van der Waals surface area contributed by atoms with Gasteiger partial charge in [-0.3, -0.25) is 19.3 Å². The van der Waals surface area contributed by atoms with Gasteiger partial charge in [0.05, 0.1) is 6.54 Å². The predicted octanol–water partition coefficient (Wildman–Crippen LogP) is 2.31. The molecule has 0 unspecified atom stereocenters. The highest BCUT2D eigenvalue weighted by molar-refractivity contribution is 5.93. The lowest BCUT2D eigenvalue weighted by atomic mass is 10.1. The Kier molecular flexibility index (Phi) is 8.26. The number of likely N-dealkylation sites (tertiary alicyclic amines) is 1. The number of benzene rings is 1. The Morgan fingerprint density at radius 2 is 1.59 bits per heavy atom. The van der Waals surface area contributed by atoms with E-state index in [1.54, 1.807) is 24.3 Å². The predicted molar refractivity (Wildman–Crippen MR) is 107 cm³/mol. The van der Waals surface area contributed by atoms with E-state index >= 15 is 0 Å². The van der Waals surface area contributed by atoms with Gasteiger partial charge in [0, 0.05) is 44.4 Å². The van der Waals surface area contributed by atoms with E-state index in [9.17, 15) is 14.4 Å². The first kappa shape index (κ1) is 20.9. The maximum absolute atomic E-state index is 12.3. The molecule has 27 heavy (non-hydrogen) atoms. The van der Waals surface area contributed by atoms with Crippen molar-refractivity contribution in [2.45, 2.75) is 39.5 Å².